The Hall–Kier alpha value is 0.0900. The van der Waals surface area contributed by atoms with E-state index >= 15 is 0 Å². The number of rotatable bonds is 8. The Balaban J connectivity index is 2.62. The first-order chi connectivity index (χ1) is 8.52. The monoisotopic (exact) mass is 353 g/mol. The van der Waals surface area contributed by atoms with Gasteiger partial charge in [0.1, 0.15) is 4.21 Å². The molecule has 0 bridgehead atoms. The largest absolute Gasteiger partial charge is 0.252 e. The highest BCUT2D eigenvalue weighted by Gasteiger charge is 2.21. The Labute approximate surface area is 122 Å². The lowest BCUT2D eigenvalue weighted by atomic mass is 10.2. The molecular weight excluding hydrogens is 334 g/mol. The Bertz CT molecular complexity index is 456. The molecule has 0 aliphatic rings. The molecule has 1 aromatic rings. The molecule has 0 unspecified atom stereocenters. The molecule has 18 heavy (non-hydrogen) atoms. The summed E-state index contributed by atoms with van der Waals surface area (Å²) in [5.74, 6) is 0. The van der Waals surface area contributed by atoms with E-state index in [1.165, 1.54) is 15.6 Å². The molecule has 0 amide bonds. The number of halogens is 1. The van der Waals surface area contributed by atoms with E-state index in [1.807, 2.05) is 13.0 Å². The second kappa shape index (κ2) is 7.62. The van der Waals surface area contributed by atoms with Crippen LogP contribution in [0.2, 0.25) is 0 Å². The van der Waals surface area contributed by atoms with Gasteiger partial charge in [-0.1, -0.05) is 29.3 Å². The Morgan fingerprint density at radius 2 is 2.00 bits per heavy atom. The van der Waals surface area contributed by atoms with Crippen LogP contribution in [0.25, 0.3) is 0 Å². The molecule has 3 nitrogen and oxygen atoms in total. The minimum absolute atomic E-state index is 0.461. The fraction of sp³-hybridized carbons (Fsp3) is 0.667. The van der Waals surface area contributed by atoms with Crippen molar-refractivity contribution in [2.45, 2.75) is 36.8 Å². The van der Waals surface area contributed by atoms with Crippen molar-refractivity contribution in [1.29, 1.82) is 0 Å². The number of hydrogen-bond donors (Lipinski definition) is 0. The summed E-state index contributed by atoms with van der Waals surface area (Å²) in [5.41, 5.74) is 0. The van der Waals surface area contributed by atoms with Crippen LogP contribution in [0.15, 0.2) is 16.3 Å². The molecule has 1 heterocycles. The zero-order chi connectivity index (χ0) is 13.6. The second-order valence-corrected chi connectivity index (χ2v) is 8.38. The summed E-state index contributed by atoms with van der Waals surface area (Å²) in [5, 5.41) is 0.980. The average Bonchev–Trinajstić information content (AvgIpc) is 2.83. The molecule has 1 rings (SSSR count). The maximum atomic E-state index is 12.3. The molecule has 0 aliphatic heterocycles. The van der Waals surface area contributed by atoms with Crippen molar-refractivity contribution in [2.75, 3.05) is 18.9 Å². The van der Waals surface area contributed by atoms with E-state index in [2.05, 4.69) is 15.9 Å². The summed E-state index contributed by atoms with van der Waals surface area (Å²) in [4.78, 5) is 1.11. The summed E-state index contributed by atoms with van der Waals surface area (Å²) >= 11 is 4.75. The fourth-order valence-electron chi connectivity index (χ4n) is 1.57. The van der Waals surface area contributed by atoms with Crippen LogP contribution in [0.4, 0.5) is 0 Å². The zero-order valence-electron chi connectivity index (χ0n) is 10.9. The van der Waals surface area contributed by atoms with Gasteiger partial charge in [0.05, 0.1) is 0 Å². The van der Waals surface area contributed by atoms with Crippen molar-refractivity contribution in [3.8, 4) is 0 Å². The molecule has 0 spiro atoms. The van der Waals surface area contributed by atoms with Gasteiger partial charge in [0.25, 0.3) is 10.0 Å². The van der Waals surface area contributed by atoms with Gasteiger partial charge in [0.2, 0.25) is 0 Å². The van der Waals surface area contributed by atoms with Crippen molar-refractivity contribution in [3.63, 3.8) is 0 Å². The SMILES string of the molecule is CCc1ccc(S(=O)(=O)N(C)CCCCCBr)s1. The van der Waals surface area contributed by atoms with Crippen LogP contribution in [0, 0.1) is 0 Å². The first-order valence-electron chi connectivity index (χ1n) is 6.13. The van der Waals surface area contributed by atoms with E-state index < -0.39 is 10.0 Å². The number of sulfonamides is 1. The van der Waals surface area contributed by atoms with Crippen LogP contribution >= 0.6 is 27.3 Å². The number of aryl methyl sites for hydroxylation is 1. The normalized spacial score (nSPS) is 12.2. The average molecular weight is 354 g/mol. The Kier molecular flexibility index (Phi) is 6.84. The zero-order valence-corrected chi connectivity index (χ0v) is 14.1. The molecule has 0 aliphatic carbocycles. The maximum Gasteiger partial charge on any atom is 0.252 e. The van der Waals surface area contributed by atoms with Crippen LogP contribution in [-0.4, -0.2) is 31.6 Å². The Morgan fingerprint density at radius 1 is 1.28 bits per heavy atom. The van der Waals surface area contributed by atoms with E-state index in [0.717, 1.165) is 35.9 Å². The van der Waals surface area contributed by atoms with Crippen molar-refractivity contribution in [2.24, 2.45) is 0 Å². The highest BCUT2D eigenvalue weighted by molar-refractivity contribution is 9.09. The molecule has 1 aromatic heterocycles. The second-order valence-electron chi connectivity index (χ2n) is 4.15. The first kappa shape index (κ1) is 16.1. The van der Waals surface area contributed by atoms with Gasteiger partial charge in [-0.05, 0) is 31.4 Å². The third-order valence-corrected chi connectivity index (χ3v) is 6.87. The van der Waals surface area contributed by atoms with Crippen LogP contribution in [0.5, 0.6) is 0 Å². The van der Waals surface area contributed by atoms with Crippen LogP contribution < -0.4 is 0 Å². The highest BCUT2D eigenvalue weighted by Crippen LogP contribution is 2.24. The van der Waals surface area contributed by atoms with Gasteiger partial charge in [-0.2, -0.15) is 0 Å². The lowest BCUT2D eigenvalue weighted by Gasteiger charge is -2.15. The summed E-state index contributed by atoms with van der Waals surface area (Å²) in [7, 11) is -1.61. The number of hydrogen-bond acceptors (Lipinski definition) is 3. The van der Waals surface area contributed by atoms with Gasteiger partial charge in [-0.25, -0.2) is 12.7 Å². The number of nitrogens with zero attached hydrogens (tertiary/aromatic N) is 1. The van der Waals surface area contributed by atoms with Crippen molar-refractivity contribution in [1.82, 2.24) is 4.31 Å². The van der Waals surface area contributed by atoms with E-state index in [0.29, 0.717) is 10.8 Å². The number of thiophene rings is 1. The molecule has 104 valence electrons. The van der Waals surface area contributed by atoms with E-state index in [1.54, 1.807) is 13.1 Å². The van der Waals surface area contributed by atoms with E-state index in [-0.39, 0.29) is 0 Å². The van der Waals surface area contributed by atoms with Gasteiger partial charge in [-0.15, -0.1) is 11.3 Å². The van der Waals surface area contributed by atoms with Crippen molar-refractivity contribution >= 4 is 37.3 Å². The van der Waals surface area contributed by atoms with Crippen molar-refractivity contribution < 1.29 is 8.42 Å². The smallest absolute Gasteiger partial charge is 0.206 e. The molecule has 0 saturated heterocycles. The van der Waals surface area contributed by atoms with Gasteiger partial charge in [0.15, 0.2) is 0 Å². The molecule has 0 saturated carbocycles. The predicted octanol–water partition coefficient (Wildman–Crippen LogP) is 3.50. The minimum atomic E-state index is -3.28. The third-order valence-electron chi connectivity index (χ3n) is 2.76. The molecular formula is C12H20BrNO2S2. The molecule has 0 atom stereocenters. The summed E-state index contributed by atoms with van der Waals surface area (Å²) in [6.45, 7) is 2.63. The van der Waals surface area contributed by atoms with Gasteiger partial charge in [-0.3, -0.25) is 0 Å². The van der Waals surface area contributed by atoms with E-state index in [4.69, 9.17) is 0 Å². The third kappa shape index (κ3) is 4.33. The number of unbranched alkanes of at least 4 members (excludes halogenated alkanes) is 2. The molecule has 0 aromatic carbocycles. The highest BCUT2D eigenvalue weighted by atomic mass is 79.9. The predicted molar refractivity (Wildman–Crippen MR) is 81.2 cm³/mol. The first-order valence-corrected chi connectivity index (χ1v) is 9.51. The molecule has 6 heteroatoms. The molecule has 0 fully saturated rings. The van der Waals surface area contributed by atoms with Gasteiger partial charge in [0, 0.05) is 23.8 Å². The van der Waals surface area contributed by atoms with Gasteiger partial charge < -0.3 is 0 Å². The minimum Gasteiger partial charge on any atom is -0.206 e. The molecule has 0 radical (unpaired) electrons. The van der Waals surface area contributed by atoms with Crippen molar-refractivity contribution in [3.05, 3.63) is 17.0 Å². The Morgan fingerprint density at radius 3 is 2.56 bits per heavy atom. The summed E-state index contributed by atoms with van der Waals surface area (Å²) in [6.07, 6.45) is 3.94. The quantitative estimate of drug-likeness (QED) is 0.529. The lowest BCUT2D eigenvalue weighted by Crippen LogP contribution is -2.27. The van der Waals surface area contributed by atoms with Crippen LogP contribution in [0.1, 0.15) is 31.1 Å². The molecule has 0 N–H and O–H groups in total. The van der Waals surface area contributed by atoms with Gasteiger partial charge >= 0.3 is 0 Å². The summed E-state index contributed by atoms with van der Waals surface area (Å²) < 4.78 is 26.4. The lowest BCUT2D eigenvalue weighted by molar-refractivity contribution is 0.456. The summed E-state index contributed by atoms with van der Waals surface area (Å²) in [6, 6.07) is 3.62. The van der Waals surface area contributed by atoms with Crippen LogP contribution in [0.3, 0.4) is 0 Å². The van der Waals surface area contributed by atoms with Crippen LogP contribution in [-0.2, 0) is 16.4 Å². The fourth-order valence-corrected chi connectivity index (χ4v) is 4.68. The van der Waals surface area contributed by atoms with E-state index in [9.17, 15) is 8.42 Å². The standard InChI is InChI=1S/C12H20BrNO2S2/c1-3-11-7-8-12(17-11)18(15,16)14(2)10-6-4-5-9-13/h7-8H,3-6,9-10H2,1-2H3. The topological polar surface area (TPSA) is 37.4 Å². The number of alkyl halides is 1. The maximum absolute atomic E-state index is 12.3.